The minimum absolute atomic E-state index is 0.127. The molecule has 5 rings (SSSR count). The van der Waals surface area contributed by atoms with Gasteiger partial charge in [-0.2, -0.15) is 0 Å². The third-order valence-corrected chi connectivity index (χ3v) is 10.1. The average Bonchev–Trinajstić information content (AvgIpc) is 3.66. The first kappa shape index (κ1) is 22.5. The van der Waals surface area contributed by atoms with Crippen molar-refractivity contribution in [2.75, 3.05) is 13.7 Å². The van der Waals surface area contributed by atoms with Gasteiger partial charge in [0, 0.05) is 11.5 Å². The summed E-state index contributed by atoms with van der Waals surface area (Å²) >= 11 is 0. The highest BCUT2D eigenvalue weighted by molar-refractivity contribution is 7.92. The molecule has 2 aromatic carbocycles. The van der Waals surface area contributed by atoms with Crippen LogP contribution in [0.2, 0.25) is 0 Å². The Labute approximate surface area is 194 Å². The Morgan fingerprint density at radius 2 is 1.67 bits per heavy atom. The zero-order valence-electron chi connectivity index (χ0n) is 18.8. The molecule has 0 amide bonds. The highest BCUT2D eigenvalue weighted by Crippen LogP contribution is 2.46. The minimum atomic E-state index is -3.78. The van der Waals surface area contributed by atoms with E-state index in [9.17, 15) is 13.2 Å². The lowest BCUT2D eigenvalue weighted by molar-refractivity contribution is -0.126. The second-order valence-electron chi connectivity index (χ2n) is 9.87. The molecule has 2 aliphatic carbocycles. The Balaban J connectivity index is 1.30. The number of carbonyl (C=O) groups is 1. The molecule has 1 saturated heterocycles. The van der Waals surface area contributed by atoms with E-state index >= 15 is 4.39 Å². The molecule has 1 unspecified atom stereocenters. The van der Waals surface area contributed by atoms with Crippen molar-refractivity contribution in [3.8, 4) is 16.9 Å². The number of benzene rings is 2. The van der Waals surface area contributed by atoms with E-state index in [0.717, 1.165) is 24.8 Å². The maximum Gasteiger partial charge on any atom is 0.184 e. The number of nitrogens with one attached hydrogen (secondary N) is 1. The normalized spacial score (nSPS) is 28.1. The Hall–Kier alpha value is -2.25. The van der Waals surface area contributed by atoms with Gasteiger partial charge in [0.2, 0.25) is 0 Å². The van der Waals surface area contributed by atoms with E-state index in [-0.39, 0.29) is 16.4 Å². The highest BCUT2D eigenvalue weighted by atomic mass is 32.2. The summed E-state index contributed by atoms with van der Waals surface area (Å²) < 4.78 is 46.8. The van der Waals surface area contributed by atoms with Crippen molar-refractivity contribution in [3.05, 3.63) is 48.3 Å². The van der Waals surface area contributed by atoms with E-state index in [4.69, 9.17) is 4.74 Å². The topological polar surface area (TPSA) is 72.5 Å². The van der Waals surface area contributed by atoms with Crippen LogP contribution in [0.25, 0.3) is 11.1 Å². The first-order chi connectivity index (χ1) is 15.8. The number of hydrogen-bond donors (Lipinski definition) is 1. The zero-order valence-corrected chi connectivity index (χ0v) is 19.7. The van der Waals surface area contributed by atoms with E-state index in [2.05, 4.69) is 5.32 Å². The Morgan fingerprint density at radius 1 is 1.00 bits per heavy atom. The molecule has 3 fully saturated rings. The number of piperidine rings is 1. The summed E-state index contributed by atoms with van der Waals surface area (Å²) in [4.78, 5) is 12.1. The molecule has 3 aliphatic rings. The van der Waals surface area contributed by atoms with Crippen LogP contribution in [0.1, 0.15) is 44.9 Å². The molecular formula is C26H30FNO4S. The molecule has 1 aliphatic heterocycles. The van der Waals surface area contributed by atoms with Gasteiger partial charge in [0.05, 0.1) is 18.9 Å². The molecule has 0 aromatic heterocycles. The van der Waals surface area contributed by atoms with Gasteiger partial charge >= 0.3 is 0 Å². The van der Waals surface area contributed by atoms with Crippen LogP contribution < -0.4 is 10.1 Å². The van der Waals surface area contributed by atoms with Crippen LogP contribution in [0.15, 0.2) is 47.4 Å². The summed E-state index contributed by atoms with van der Waals surface area (Å²) in [6, 6.07) is 11.6. The number of sulfone groups is 1. The van der Waals surface area contributed by atoms with Gasteiger partial charge < -0.3 is 10.1 Å². The monoisotopic (exact) mass is 471 g/mol. The number of Topliss-reactive ketones (excluding diaryl/α,β-unsaturated/α-hetero) is 1. The predicted molar refractivity (Wildman–Crippen MR) is 124 cm³/mol. The molecule has 1 atom stereocenters. The Kier molecular flexibility index (Phi) is 5.81. The lowest BCUT2D eigenvalue weighted by Gasteiger charge is -2.45. The molecule has 1 spiro atoms. The second kappa shape index (κ2) is 8.51. The molecule has 7 heteroatoms. The van der Waals surface area contributed by atoms with Gasteiger partial charge in [-0.1, -0.05) is 18.2 Å². The molecule has 0 bridgehead atoms. The van der Waals surface area contributed by atoms with Gasteiger partial charge in [0.25, 0.3) is 0 Å². The number of ketones is 1. The van der Waals surface area contributed by atoms with Crippen molar-refractivity contribution in [2.24, 2.45) is 11.8 Å². The standard InChI is InChI=1S/C26H30FNO4S/c1-32-20-7-4-17(5-8-20)19-6-9-25(23(27)14-19)33(30,31)21-10-12-26(13-11-21)15-22(18-2-3-18)24(29)16-28-26/h4-9,14,18,21-22,28H,2-3,10-13,15-16H2,1H3. The number of halogens is 1. The molecule has 1 N–H and O–H groups in total. The average molecular weight is 472 g/mol. The molecule has 2 saturated carbocycles. The van der Waals surface area contributed by atoms with Crippen LogP contribution in [0, 0.1) is 17.7 Å². The van der Waals surface area contributed by atoms with Crippen molar-refractivity contribution in [1.82, 2.24) is 5.32 Å². The lowest BCUT2D eigenvalue weighted by atomic mass is 9.71. The fourth-order valence-electron chi connectivity index (χ4n) is 5.65. The summed E-state index contributed by atoms with van der Waals surface area (Å²) in [6.07, 6.45) is 5.47. The third-order valence-electron chi connectivity index (χ3n) is 7.84. The van der Waals surface area contributed by atoms with Crippen molar-refractivity contribution in [1.29, 1.82) is 0 Å². The van der Waals surface area contributed by atoms with E-state index in [1.54, 1.807) is 25.3 Å². The molecule has 2 aromatic rings. The van der Waals surface area contributed by atoms with Crippen LogP contribution >= 0.6 is 0 Å². The highest BCUT2D eigenvalue weighted by Gasteiger charge is 2.48. The predicted octanol–water partition coefficient (Wildman–Crippen LogP) is 4.55. The minimum Gasteiger partial charge on any atom is -0.497 e. The van der Waals surface area contributed by atoms with E-state index in [1.165, 1.54) is 12.1 Å². The molecule has 176 valence electrons. The van der Waals surface area contributed by atoms with Crippen molar-refractivity contribution in [2.45, 2.75) is 60.6 Å². The fraction of sp³-hybridized carbons (Fsp3) is 0.500. The smallest absolute Gasteiger partial charge is 0.184 e. The van der Waals surface area contributed by atoms with E-state index in [1.807, 2.05) is 12.1 Å². The van der Waals surface area contributed by atoms with Gasteiger partial charge in [0.1, 0.15) is 22.2 Å². The Bertz CT molecular complexity index is 1150. The third kappa shape index (κ3) is 4.33. The van der Waals surface area contributed by atoms with Crippen LogP contribution in [0.4, 0.5) is 4.39 Å². The van der Waals surface area contributed by atoms with Crippen LogP contribution in [0.5, 0.6) is 5.75 Å². The van der Waals surface area contributed by atoms with Crippen LogP contribution in [-0.2, 0) is 14.6 Å². The summed E-state index contributed by atoms with van der Waals surface area (Å²) in [7, 11) is -2.20. The second-order valence-corrected chi connectivity index (χ2v) is 12.1. The van der Waals surface area contributed by atoms with Gasteiger partial charge in [-0.05, 0) is 86.3 Å². The van der Waals surface area contributed by atoms with Gasteiger partial charge in [-0.3, -0.25) is 4.79 Å². The first-order valence-corrected chi connectivity index (χ1v) is 13.3. The number of ether oxygens (including phenoxy) is 1. The maximum atomic E-state index is 15.0. The van der Waals surface area contributed by atoms with E-state index < -0.39 is 20.9 Å². The van der Waals surface area contributed by atoms with Gasteiger partial charge in [-0.15, -0.1) is 0 Å². The number of rotatable bonds is 5. The fourth-order valence-corrected chi connectivity index (χ4v) is 7.45. The quantitative estimate of drug-likeness (QED) is 0.693. The van der Waals surface area contributed by atoms with Gasteiger partial charge in [-0.25, -0.2) is 12.8 Å². The first-order valence-electron chi connectivity index (χ1n) is 11.8. The zero-order chi connectivity index (χ0) is 23.2. The number of methoxy groups -OCH3 is 1. The number of carbonyl (C=O) groups excluding carboxylic acids is 1. The number of hydrogen-bond acceptors (Lipinski definition) is 5. The van der Waals surface area contributed by atoms with Crippen LogP contribution in [0.3, 0.4) is 0 Å². The van der Waals surface area contributed by atoms with Crippen molar-refractivity contribution < 1.29 is 22.3 Å². The van der Waals surface area contributed by atoms with Crippen LogP contribution in [-0.4, -0.2) is 38.6 Å². The summed E-state index contributed by atoms with van der Waals surface area (Å²) in [5.41, 5.74) is 1.27. The van der Waals surface area contributed by atoms with Crippen molar-refractivity contribution >= 4 is 15.6 Å². The van der Waals surface area contributed by atoms with Gasteiger partial charge in [0.15, 0.2) is 9.84 Å². The largest absolute Gasteiger partial charge is 0.497 e. The van der Waals surface area contributed by atoms with Crippen molar-refractivity contribution in [3.63, 3.8) is 0 Å². The summed E-state index contributed by atoms with van der Waals surface area (Å²) in [5, 5.41) is 2.83. The molecule has 5 nitrogen and oxygen atoms in total. The summed E-state index contributed by atoms with van der Waals surface area (Å²) in [5.74, 6) is 0.947. The SMILES string of the molecule is COc1ccc(-c2ccc(S(=O)(=O)C3CCC4(CC3)CC(C3CC3)C(=O)CN4)c(F)c2)cc1. The molecular weight excluding hydrogens is 441 g/mol. The Morgan fingerprint density at radius 3 is 2.27 bits per heavy atom. The van der Waals surface area contributed by atoms with E-state index in [0.29, 0.717) is 55.2 Å². The molecule has 1 heterocycles. The lowest BCUT2D eigenvalue weighted by Crippen LogP contribution is -2.57. The maximum absolute atomic E-state index is 15.0. The molecule has 33 heavy (non-hydrogen) atoms. The summed E-state index contributed by atoms with van der Waals surface area (Å²) in [6.45, 7) is 0.389. The molecule has 0 radical (unpaired) electrons.